The van der Waals surface area contributed by atoms with E-state index >= 15 is 0 Å². The number of halogens is 3. The molecule has 0 aromatic heterocycles. The summed E-state index contributed by atoms with van der Waals surface area (Å²) in [5, 5.41) is 0. The molecule has 0 N–H and O–H groups in total. The van der Waals surface area contributed by atoms with E-state index in [-0.39, 0.29) is 13.4 Å². The van der Waals surface area contributed by atoms with Crippen LogP contribution in [0.1, 0.15) is 72.3 Å². The molecule has 2 aliphatic heterocycles. The molecule has 0 saturated heterocycles. The quantitative estimate of drug-likeness (QED) is 0.175. The normalized spacial score (nSPS) is 13.5. The van der Waals surface area contributed by atoms with E-state index in [1.807, 2.05) is 0 Å². The molecule has 0 aliphatic carbocycles. The maximum Gasteiger partial charge on any atom is 0.416 e. The van der Waals surface area contributed by atoms with Gasteiger partial charge in [0.2, 0.25) is 13.4 Å². The minimum Gasteiger partial charge on any atom is -0.313 e. The van der Waals surface area contributed by atoms with Gasteiger partial charge in [0.1, 0.15) is 0 Å². The summed E-state index contributed by atoms with van der Waals surface area (Å²) < 4.78 is 43.6. The topological polar surface area (TPSA) is 3.24 Å². The van der Waals surface area contributed by atoms with Crippen molar-refractivity contribution in [3.05, 3.63) is 121 Å². The molecule has 0 fully saturated rings. The largest absolute Gasteiger partial charge is 0.416 e. The number of hydrogen-bond donors (Lipinski definition) is 0. The van der Waals surface area contributed by atoms with Crippen molar-refractivity contribution in [2.24, 2.45) is 0 Å². The van der Waals surface area contributed by atoms with Gasteiger partial charge in [-0.25, -0.2) is 0 Å². The minimum absolute atomic E-state index is 0.0295. The molecule has 49 heavy (non-hydrogen) atoms. The van der Waals surface area contributed by atoms with E-state index in [0.29, 0.717) is 5.46 Å². The highest BCUT2D eigenvalue weighted by atomic mass is 19.4. The Kier molecular flexibility index (Phi) is 7.59. The Bertz CT molecular complexity index is 2200. The van der Waals surface area contributed by atoms with Gasteiger partial charge >= 0.3 is 6.18 Å². The van der Waals surface area contributed by atoms with Crippen molar-refractivity contribution in [1.82, 2.24) is 0 Å². The zero-order chi connectivity index (χ0) is 35.6. The van der Waals surface area contributed by atoms with E-state index in [1.165, 1.54) is 73.0 Å². The molecule has 0 spiro atoms. The Morgan fingerprint density at radius 1 is 0.429 bits per heavy atom. The number of hydrogen-bond acceptors (Lipinski definition) is 1. The Morgan fingerprint density at radius 2 is 0.796 bits per heavy atom. The molecule has 0 amide bonds. The number of alkyl halides is 3. The van der Waals surface area contributed by atoms with Crippen LogP contribution in [0.15, 0.2) is 48.5 Å². The van der Waals surface area contributed by atoms with Crippen LogP contribution in [0, 0.1) is 83.1 Å². The first-order valence-corrected chi connectivity index (χ1v) is 17.4. The lowest BCUT2D eigenvalue weighted by atomic mass is 9.29. The molecule has 0 unspecified atom stereocenters. The third-order valence-electron chi connectivity index (χ3n) is 12.5. The van der Waals surface area contributed by atoms with Gasteiger partial charge in [-0.15, -0.1) is 0 Å². The number of benzene rings is 5. The zero-order valence-electron chi connectivity index (χ0n) is 30.9. The molecule has 0 saturated carbocycles. The van der Waals surface area contributed by atoms with E-state index in [2.05, 4.69) is 118 Å². The molecule has 5 aromatic rings. The Labute approximate surface area is 290 Å². The second kappa shape index (κ2) is 11.2. The summed E-state index contributed by atoms with van der Waals surface area (Å²) in [6.45, 7) is 25.8. The fraction of sp³-hybridized carbons (Fsp3) is 0.302. The lowest BCUT2D eigenvalue weighted by molar-refractivity contribution is -0.137. The smallest absolute Gasteiger partial charge is 0.313 e. The van der Waals surface area contributed by atoms with Crippen molar-refractivity contribution in [3.63, 3.8) is 0 Å². The third-order valence-corrected chi connectivity index (χ3v) is 12.5. The highest BCUT2D eigenvalue weighted by Crippen LogP contribution is 2.40. The summed E-state index contributed by atoms with van der Waals surface area (Å²) in [4.78, 5) is 2.28. The number of aryl methyl sites for hydroxylation is 2. The molecular formula is C43H44B2F3N. The Morgan fingerprint density at radius 3 is 1.22 bits per heavy atom. The second-order valence-electron chi connectivity index (χ2n) is 14.9. The van der Waals surface area contributed by atoms with Crippen molar-refractivity contribution in [1.29, 1.82) is 0 Å². The van der Waals surface area contributed by atoms with Crippen LogP contribution in [0.4, 0.5) is 30.2 Å². The van der Waals surface area contributed by atoms with Gasteiger partial charge in [-0.2, -0.15) is 13.2 Å². The van der Waals surface area contributed by atoms with Crippen molar-refractivity contribution >= 4 is 63.3 Å². The van der Waals surface area contributed by atoms with Crippen molar-refractivity contribution in [2.45, 2.75) is 89.3 Å². The highest BCUT2D eigenvalue weighted by Gasteiger charge is 2.46. The van der Waals surface area contributed by atoms with Crippen LogP contribution < -0.4 is 37.7 Å². The SMILES string of the molecule is Cc1ccc2c(c1)B(c1c(C)c(C)c(C)c(C)c1C)c1cc(C)cc3c1N2c1ccc(C(F)(F)F)cc1B3c1c(C)c(C)c(C)c(C)c1C. The van der Waals surface area contributed by atoms with Crippen LogP contribution in [0.5, 0.6) is 0 Å². The van der Waals surface area contributed by atoms with Crippen LogP contribution in [0.25, 0.3) is 0 Å². The standard InChI is InChI=1S/C43H44B2F3N/c1-21-13-15-38-34(17-21)44(40-29(9)25(5)23(3)26(6)30(40)10)36-18-22(2)19-37-42(36)49(38)39-16-14-33(43(46,47)48)20-35(39)45(37)41-31(11)27(7)24(4)28(8)32(41)12/h13-20H,1-12H3. The molecule has 0 radical (unpaired) electrons. The van der Waals surface area contributed by atoms with E-state index in [9.17, 15) is 13.2 Å². The summed E-state index contributed by atoms with van der Waals surface area (Å²) in [6, 6.07) is 15.6. The first-order valence-electron chi connectivity index (χ1n) is 17.4. The van der Waals surface area contributed by atoms with Crippen molar-refractivity contribution in [3.8, 4) is 0 Å². The van der Waals surface area contributed by atoms with E-state index in [0.717, 1.165) is 50.2 Å². The molecule has 6 heteroatoms. The molecule has 7 rings (SSSR count). The average Bonchev–Trinajstić information content (AvgIpc) is 3.05. The molecule has 2 heterocycles. The number of fused-ring (bicyclic) bond motifs is 4. The summed E-state index contributed by atoms with van der Waals surface area (Å²) in [5.41, 5.74) is 23.8. The zero-order valence-corrected chi connectivity index (χ0v) is 30.9. The van der Waals surface area contributed by atoms with Gasteiger partial charge in [0.05, 0.1) is 5.56 Å². The van der Waals surface area contributed by atoms with Crippen LogP contribution >= 0.6 is 0 Å². The van der Waals surface area contributed by atoms with Gasteiger partial charge in [-0.05, 0) is 157 Å². The van der Waals surface area contributed by atoms with Gasteiger partial charge < -0.3 is 4.90 Å². The molecule has 248 valence electrons. The van der Waals surface area contributed by atoms with Crippen LogP contribution in [-0.2, 0) is 6.18 Å². The maximum absolute atomic E-state index is 14.5. The average molecular weight is 653 g/mol. The minimum atomic E-state index is -4.46. The van der Waals surface area contributed by atoms with Gasteiger partial charge in [-0.3, -0.25) is 0 Å². The second-order valence-corrected chi connectivity index (χ2v) is 14.9. The van der Waals surface area contributed by atoms with Gasteiger partial charge in [0, 0.05) is 17.1 Å². The van der Waals surface area contributed by atoms with Crippen LogP contribution in [-0.4, -0.2) is 13.4 Å². The fourth-order valence-electron chi connectivity index (χ4n) is 9.06. The fourth-order valence-corrected chi connectivity index (χ4v) is 9.06. The number of nitrogens with zero attached hydrogens (tertiary/aromatic N) is 1. The molecule has 0 bridgehead atoms. The monoisotopic (exact) mass is 653 g/mol. The summed E-state index contributed by atoms with van der Waals surface area (Å²) >= 11 is 0. The summed E-state index contributed by atoms with van der Waals surface area (Å²) in [7, 11) is 0. The number of rotatable bonds is 2. The molecule has 0 atom stereocenters. The van der Waals surface area contributed by atoms with E-state index in [4.69, 9.17) is 0 Å². The van der Waals surface area contributed by atoms with Crippen LogP contribution in [0.2, 0.25) is 0 Å². The van der Waals surface area contributed by atoms with E-state index < -0.39 is 11.7 Å². The third kappa shape index (κ3) is 4.69. The highest BCUT2D eigenvalue weighted by molar-refractivity contribution is 7.02. The van der Waals surface area contributed by atoms with Gasteiger partial charge in [0.25, 0.3) is 0 Å². The lowest BCUT2D eigenvalue weighted by Crippen LogP contribution is -2.66. The molecular weight excluding hydrogens is 609 g/mol. The maximum atomic E-state index is 14.5. The Hall–Kier alpha value is -4.18. The van der Waals surface area contributed by atoms with Crippen molar-refractivity contribution < 1.29 is 13.2 Å². The first-order chi connectivity index (χ1) is 22.9. The van der Waals surface area contributed by atoms with Gasteiger partial charge in [0.15, 0.2) is 0 Å². The predicted molar refractivity (Wildman–Crippen MR) is 205 cm³/mol. The summed E-state index contributed by atoms with van der Waals surface area (Å²) in [5.74, 6) is 0. The van der Waals surface area contributed by atoms with Gasteiger partial charge in [-0.1, -0.05) is 74.6 Å². The van der Waals surface area contributed by atoms with Crippen LogP contribution in [0.3, 0.4) is 0 Å². The predicted octanol–water partition coefficient (Wildman–Crippen LogP) is 7.54. The molecule has 1 nitrogen and oxygen atoms in total. The summed E-state index contributed by atoms with van der Waals surface area (Å²) in [6.07, 6.45) is -4.46. The van der Waals surface area contributed by atoms with E-state index in [1.54, 1.807) is 6.07 Å². The lowest BCUT2D eigenvalue weighted by Gasteiger charge is -2.45. The Balaban J connectivity index is 1.67. The molecule has 2 aliphatic rings. The van der Waals surface area contributed by atoms with Crippen molar-refractivity contribution in [2.75, 3.05) is 4.90 Å². The number of anilines is 3. The first kappa shape index (κ1) is 33.3. The molecule has 5 aromatic carbocycles.